The third-order valence-corrected chi connectivity index (χ3v) is 5.10. The summed E-state index contributed by atoms with van der Waals surface area (Å²) in [4.78, 5) is 36.9. The zero-order chi connectivity index (χ0) is 17.9. The van der Waals surface area contributed by atoms with Gasteiger partial charge in [0.25, 0.3) is 11.5 Å². The van der Waals surface area contributed by atoms with E-state index in [1.807, 2.05) is 13.0 Å². The molecule has 0 bridgehead atoms. The summed E-state index contributed by atoms with van der Waals surface area (Å²) in [6.45, 7) is 1.81. The molecule has 4 N–H and O–H groups in total. The fourth-order valence-electron chi connectivity index (χ4n) is 3.61. The number of H-pyrrole nitrogens is 1. The van der Waals surface area contributed by atoms with Gasteiger partial charge in [0.15, 0.2) is 0 Å². The van der Waals surface area contributed by atoms with Gasteiger partial charge in [0.05, 0.1) is 5.39 Å². The second-order valence-corrected chi connectivity index (χ2v) is 6.82. The molecule has 0 radical (unpaired) electrons. The van der Waals surface area contributed by atoms with E-state index in [9.17, 15) is 9.59 Å². The largest absolute Gasteiger partial charge is 0.346 e. The van der Waals surface area contributed by atoms with Crippen molar-refractivity contribution >= 4 is 28.4 Å². The molecule has 1 aliphatic carbocycles. The van der Waals surface area contributed by atoms with Crippen molar-refractivity contribution in [3.05, 3.63) is 46.3 Å². The van der Waals surface area contributed by atoms with E-state index < -0.39 is 5.66 Å². The monoisotopic (exact) mass is 351 g/mol. The minimum Gasteiger partial charge on any atom is -0.346 e. The van der Waals surface area contributed by atoms with Crippen LogP contribution in [-0.4, -0.2) is 31.2 Å². The number of amides is 1. The maximum Gasteiger partial charge on any atom is 0.293 e. The summed E-state index contributed by atoms with van der Waals surface area (Å²) in [5, 5.41) is 6.87. The molecule has 0 aromatic carbocycles. The molecule has 0 saturated heterocycles. The van der Waals surface area contributed by atoms with E-state index in [0.717, 1.165) is 24.6 Å². The van der Waals surface area contributed by atoms with Crippen LogP contribution in [0.5, 0.6) is 0 Å². The molecule has 1 saturated carbocycles. The summed E-state index contributed by atoms with van der Waals surface area (Å²) < 4.78 is 1.37. The first kappa shape index (κ1) is 14.9. The molecule has 26 heavy (non-hydrogen) atoms. The lowest BCUT2D eigenvalue weighted by Gasteiger charge is -2.47. The first-order valence-electron chi connectivity index (χ1n) is 8.49. The Balaban J connectivity index is 1.62. The van der Waals surface area contributed by atoms with E-state index in [4.69, 9.17) is 0 Å². The van der Waals surface area contributed by atoms with Gasteiger partial charge in [-0.3, -0.25) is 15.0 Å². The minimum absolute atomic E-state index is 0.223. The van der Waals surface area contributed by atoms with Gasteiger partial charge >= 0.3 is 0 Å². The van der Waals surface area contributed by atoms with E-state index >= 15 is 0 Å². The molecular weight excluding hydrogens is 334 g/mol. The number of fused-ring (bicyclic) bond motifs is 2. The highest BCUT2D eigenvalue weighted by Crippen LogP contribution is 2.33. The first-order chi connectivity index (χ1) is 12.6. The van der Waals surface area contributed by atoms with Crippen LogP contribution in [0.4, 0.5) is 11.5 Å². The van der Waals surface area contributed by atoms with Gasteiger partial charge in [-0.25, -0.2) is 14.6 Å². The molecule has 1 spiro atoms. The molecule has 3 aromatic heterocycles. The van der Waals surface area contributed by atoms with Gasteiger partial charge < -0.3 is 15.6 Å². The maximum absolute atomic E-state index is 13.0. The average molecular weight is 351 g/mol. The van der Waals surface area contributed by atoms with Crippen LogP contribution < -0.4 is 21.6 Å². The van der Waals surface area contributed by atoms with Gasteiger partial charge in [-0.15, -0.1) is 0 Å². The number of hydrogen-bond acceptors (Lipinski definition) is 6. The number of rotatable bonds is 2. The van der Waals surface area contributed by atoms with Crippen LogP contribution in [0.1, 0.15) is 35.3 Å². The molecule has 0 atom stereocenters. The molecule has 1 amide bonds. The molecular formula is C17H17N7O2. The van der Waals surface area contributed by atoms with Crippen LogP contribution in [0.25, 0.3) is 11.0 Å². The number of aryl methyl sites for hydroxylation is 1. The molecule has 9 nitrogen and oxygen atoms in total. The lowest BCUT2D eigenvalue weighted by Crippen LogP contribution is -2.67. The predicted octanol–water partition coefficient (Wildman–Crippen LogP) is 1.34. The van der Waals surface area contributed by atoms with E-state index in [1.165, 1.54) is 11.0 Å². The van der Waals surface area contributed by atoms with Crippen LogP contribution in [0.3, 0.4) is 0 Å². The van der Waals surface area contributed by atoms with Gasteiger partial charge in [0.1, 0.15) is 34.8 Å². The predicted molar refractivity (Wildman–Crippen MR) is 96.0 cm³/mol. The van der Waals surface area contributed by atoms with Gasteiger partial charge in [-0.1, -0.05) is 0 Å². The van der Waals surface area contributed by atoms with Crippen molar-refractivity contribution in [1.29, 1.82) is 0 Å². The highest BCUT2D eigenvalue weighted by atomic mass is 16.2. The highest BCUT2D eigenvalue weighted by Gasteiger charge is 2.43. The van der Waals surface area contributed by atoms with Crippen LogP contribution in [0.15, 0.2) is 29.5 Å². The zero-order valence-corrected chi connectivity index (χ0v) is 14.1. The number of carbonyl (C=O) groups is 1. The van der Waals surface area contributed by atoms with E-state index in [2.05, 4.69) is 31.0 Å². The Labute approximate surface area is 147 Å². The average Bonchev–Trinajstić information content (AvgIpc) is 3.07. The first-order valence-corrected chi connectivity index (χ1v) is 8.49. The second-order valence-electron chi connectivity index (χ2n) is 6.82. The number of carbonyl (C=O) groups excluding carboxylic acids is 1. The molecule has 4 heterocycles. The van der Waals surface area contributed by atoms with Crippen molar-refractivity contribution in [3.8, 4) is 0 Å². The SMILES string of the molecule is Cc1cc(Nc2ncnc3[nH]ccc23)c(=O)n2c1C(=O)NC1(CCC1)N2. The minimum atomic E-state index is -0.512. The number of pyridine rings is 1. The van der Waals surface area contributed by atoms with Crippen molar-refractivity contribution in [3.63, 3.8) is 0 Å². The van der Waals surface area contributed by atoms with Crippen molar-refractivity contribution in [1.82, 2.24) is 24.9 Å². The maximum atomic E-state index is 13.0. The smallest absolute Gasteiger partial charge is 0.293 e. The summed E-state index contributed by atoms with van der Waals surface area (Å²) in [7, 11) is 0. The lowest BCUT2D eigenvalue weighted by atomic mass is 9.84. The molecule has 2 aliphatic rings. The van der Waals surface area contributed by atoms with Crippen LogP contribution in [-0.2, 0) is 0 Å². The Kier molecular flexibility index (Phi) is 2.91. The van der Waals surface area contributed by atoms with Gasteiger partial charge in [0.2, 0.25) is 0 Å². The number of nitrogens with one attached hydrogen (secondary N) is 4. The molecule has 0 unspecified atom stereocenters. The number of hydrogen-bond donors (Lipinski definition) is 4. The highest BCUT2D eigenvalue weighted by molar-refractivity contribution is 5.96. The molecule has 1 fully saturated rings. The van der Waals surface area contributed by atoms with E-state index in [-0.39, 0.29) is 11.5 Å². The molecule has 3 aromatic rings. The summed E-state index contributed by atoms with van der Waals surface area (Å²) in [6.07, 6.45) is 5.82. The van der Waals surface area contributed by atoms with Crippen molar-refractivity contribution in [2.45, 2.75) is 31.8 Å². The fourth-order valence-corrected chi connectivity index (χ4v) is 3.61. The van der Waals surface area contributed by atoms with Crippen LogP contribution in [0, 0.1) is 6.92 Å². The van der Waals surface area contributed by atoms with Crippen LogP contribution in [0.2, 0.25) is 0 Å². The molecule has 1 aliphatic heterocycles. The standard InChI is InChI=1S/C17H17N7O2/c1-9-7-11(21-14-10-3-6-18-13(10)19-8-20-14)16(26)24-12(9)15(25)22-17(23-24)4-2-5-17/h3,6-8,23H,2,4-5H2,1H3,(H,22,25)(H2,18,19,20,21). The zero-order valence-electron chi connectivity index (χ0n) is 14.1. The number of anilines is 2. The molecule has 132 valence electrons. The number of aromatic amines is 1. The van der Waals surface area contributed by atoms with Crippen molar-refractivity contribution < 1.29 is 4.79 Å². The number of aromatic nitrogens is 4. The normalized spacial score (nSPS) is 17.3. The van der Waals surface area contributed by atoms with E-state index in [0.29, 0.717) is 28.4 Å². The van der Waals surface area contributed by atoms with Gasteiger partial charge in [-0.05, 0) is 43.9 Å². The molecule has 5 rings (SSSR count). The Morgan fingerprint density at radius 1 is 1.27 bits per heavy atom. The van der Waals surface area contributed by atoms with Crippen molar-refractivity contribution in [2.24, 2.45) is 0 Å². The summed E-state index contributed by atoms with van der Waals surface area (Å²) in [6, 6.07) is 3.52. The Morgan fingerprint density at radius 2 is 2.12 bits per heavy atom. The Morgan fingerprint density at radius 3 is 2.88 bits per heavy atom. The molecule has 9 heteroatoms. The van der Waals surface area contributed by atoms with E-state index in [1.54, 1.807) is 12.3 Å². The topological polar surface area (TPSA) is 117 Å². The van der Waals surface area contributed by atoms with Crippen LogP contribution >= 0.6 is 0 Å². The third-order valence-electron chi connectivity index (χ3n) is 5.10. The number of nitrogens with zero attached hydrogens (tertiary/aromatic N) is 3. The summed E-state index contributed by atoms with van der Waals surface area (Å²) in [5.41, 5.74) is 4.45. The summed E-state index contributed by atoms with van der Waals surface area (Å²) >= 11 is 0. The van der Waals surface area contributed by atoms with Gasteiger partial charge in [0, 0.05) is 6.20 Å². The fraction of sp³-hybridized carbons (Fsp3) is 0.294. The Bertz CT molecular complexity index is 1110. The second kappa shape index (κ2) is 5.07. The Hall–Kier alpha value is -3.36. The quantitative estimate of drug-likeness (QED) is 0.554. The third kappa shape index (κ3) is 2.03. The summed E-state index contributed by atoms with van der Waals surface area (Å²) in [5.74, 6) is 0.312. The van der Waals surface area contributed by atoms with Gasteiger partial charge in [-0.2, -0.15) is 0 Å². The van der Waals surface area contributed by atoms with Crippen molar-refractivity contribution in [2.75, 3.05) is 10.7 Å². The lowest BCUT2D eigenvalue weighted by molar-refractivity contribution is 0.0789.